The van der Waals surface area contributed by atoms with Crippen LogP contribution in [0.3, 0.4) is 0 Å². The lowest BCUT2D eigenvalue weighted by atomic mass is 10.2. The molecule has 5 heteroatoms. The molecule has 4 nitrogen and oxygen atoms in total. The average Bonchev–Trinajstić information content (AvgIpc) is 2.58. The summed E-state index contributed by atoms with van der Waals surface area (Å²) in [6, 6.07) is 9.37. The van der Waals surface area contributed by atoms with Gasteiger partial charge in [-0.2, -0.15) is 5.10 Å². The molecular formula is C12H11ClN2O2. The van der Waals surface area contributed by atoms with Gasteiger partial charge < -0.3 is 5.11 Å². The van der Waals surface area contributed by atoms with Crippen molar-refractivity contribution in [3.63, 3.8) is 0 Å². The number of para-hydroxylation sites is 1. The van der Waals surface area contributed by atoms with Gasteiger partial charge in [-0.05, 0) is 19.1 Å². The van der Waals surface area contributed by atoms with E-state index in [1.165, 1.54) is 0 Å². The Morgan fingerprint density at radius 1 is 1.41 bits per heavy atom. The van der Waals surface area contributed by atoms with Crippen LogP contribution in [0.5, 0.6) is 0 Å². The second kappa shape index (κ2) is 4.59. The number of benzene rings is 1. The van der Waals surface area contributed by atoms with Crippen molar-refractivity contribution in [1.29, 1.82) is 0 Å². The first-order valence-corrected chi connectivity index (χ1v) is 5.48. The quantitative estimate of drug-likeness (QED) is 0.910. The highest BCUT2D eigenvalue weighted by Crippen LogP contribution is 2.23. The number of halogens is 1. The van der Waals surface area contributed by atoms with E-state index in [-0.39, 0.29) is 6.42 Å². The minimum absolute atomic E-state index is 0.114. The molecule has 0 amide bonds. The molecule has 2 rings (SSSR count). The van der Waals surface area contributed by atoms with Crippen LogP contribution in [0.1, 0.15) is 11.3 Å². The Kier molecular flexibility index (Phi) is 3.15. The Balaban J connectivity index is 2.48. The summed E-state index contributed by atoms with van der Waals surface area (Å²) in [4.78, 5) is 10.7. The fourth-order valence-electron chi connectivity index (χ4n) is 1.62. The Labute approximate surface area is 103 Å². The molecule has 0 aliphatic carbocycles. The zero-order valence-electron chi connectivity index (χ0n) is 9.22. The van der Waals surface area contributed by atoms with Crippen molar-refractivity contribution in [2.24, 2.45) is 0 Å². The third-order valence-electron chi connectivity index (χ3n) is 2.45. The van der Waals surface area contributed by atoms with Gasteiger partial charge in [0.2, 0.25) is 0 Å². The number of rotatable bonds is 3. The van der Waals surface area contributed by atoms with E-state index in [0.29, 0.717) is 16.4 Å². The monoisotopic (exact) mass is 250 g/mol. The highest BCUT2D eigenvalue weighted by atomic mass is 35.5. The summed E-state index contributed by atoms with van der Waals surface area (Å²) in [5, 5.41) is 13.4. The molecule has 0 atom stereocenters. The maximum absolute atomic E-state index is 10.7. The topological polar surface area (TPSA) is 55.1 Å². The molecule has 0 saturated heterocycles. The number of carboxylic acid groups (broad SMARTS) is 1. The summed E-state index contributed by atoms with van der Waals surface area (Å²) in [6.07, 6.45) is -0.114. The number of carbonyl (C=O) groups is 1. The van der Waals surface area contributed by atoms with Crippen molar-refractivity contribution in [2.45, 2.75) is 13.3 Å². The lowest BCUT2D eigenvalue weighted by Crippen LogP contribution is -2.01. The van der Waals surface area contributed by atoms with Gasteiger partial charge in [-0.15, -0.1) is 0 Å². The molecule has 0 saturated carbocycles. The normalized spacial score (nSPS) is 10.5. The lowest BCUT2D eigenvalue weighted by molar-refractivity contribution is -0.136. The first kappa shape index (κ1) is 11.7. The summed E-state index contributed by atoms with van der Waals surface area (Å²) in [5.74, 6) is -0.914. The van der Waals surface area contributed by atoms with Crippen LogP contribution in [0, 0.1) is 6.92 Å². The van der Waals surface area contributed by atoms with Gasteiger partial charge in [0.1, 0.15) is 5.15 Å². The van der Waals surface area contributed by atoms with Crippen LogP contribution < -0.4 is 0 Å². The molecule has 17 heavy (non-hydrogen) atoms. The van der Waals surface area contributed by atoms with Crippen LogP contribution in [0.15, 0.2) is 30.3 Å². The molecular weight excluding hydrogens is 240 g/mol. The number of aliphatic carboxylic acids is 1. The van der Waals surface area contributed by atoms with E-state index in [9.17, 15) is 4.79 Å². The number of nitrogens with zero attached hydrogens (tertiary/aromatic N) is 2. The minimum atomic E-state index is -0.914. The van der Waals surface area contributed by atoms with Gasteiger partial charge in [0.15, 0.2) is 0 Å². The third kappa shape index (κ3) is 2.31. The fraction of sp³-hybridized carbons (Fsp3) is 0.167. The van der Waals surface area contributed by atoms with Gasteiger partial charge in [0, 0.05) is 5.56 Å². The van der Waals surface area contributed by atoms with Crippen LogP contribution in [0.2, 0.25) is 5.15 Å². The van der Waals surface area contributed by atoms with Crippen molar-refractivity contribution in [2.75, 3.05) is 0 Å². The second-order valence-corrected chi connectivity index (χ2v) is 4.03. The molecule has 0 bridgehead atoms. The molecule has 88 valence electrons. The van der Waals surface area contributed by atoms with E-state index in [4.69, 9.17) is 16.7 Å². The maximum Gasteiger partial charge on any atom is 0.308 e. The molecule has 0 radical (unpaired) electrons. The number of aromatic nitrogens is 2. The van der Waals surface area contributed by atoms with Crippen LogP contribution in [-0.2, 0) is 11.2 Å². The zero-order chi connectivity index (χ0) is 12.4. The average molecular weight is 251 g/mol. The molecule has 0 aliphatic rings. The van der Waals surface area contributed by atoms with Crippen LogP contribution in [0.25, 0.3) is 5.69 Å². The van der Waals surface area contributed by atoms with E-state index in [0.717, 1.165) is 5.69 Å². The molecule has 1 aromatic carbocycles. The number of carboxylic acids is 1. The standard InChI is InChI=1S/C12H11ClN2O2/c1-8-10(7-11(16)17)12(13)15(14-8)9-5-3-2-4-6-9/h2-6H,7H2,1H3,(H,16,17). The van der Waals surface area contributed by atoms with E-state index in [2.05, 4.69) is 5.10 Å². The van der Waals surface area contributed by atoms with Gasteiger partial charge in [-0.1, -0.05) is 29.8 Å². The molecule has 0 fully saturated rings. The van der Waals surface area contributed by atoms with E-state index in [1.54, 1.807) is 11.6 Å². The molecule has 1 aromatic heterocycles. The summed E-state index contributed by atoms with van der Waals surface area (Å²) >= 11 is 6.15. The second-order valence-electron chi connectivity index (χ2n) is 3.67. The van der Waals surface area contributed by atoms with E-state index >= 15 is 0 Å². The maximum atomic E-state index is 10.7. The van der Waals surface area contributed by atoms with Gasteiger partial charge in [0.05, 0.1) is 17.8 Å². The lowest BCUT2D eigenvalue weighted by Gasteiger charge is -2.02. The largest absolute Gasteiger partial charge is 0.481 e. The van der Waals surface area contributed by atoms with Gasteiger partial charge in [-0.25, -0.2) is 4.68 Å². The molecule has 0 aliphatic heterocycles. The van der Waals surface area contributed by atoms with Crippen molar-refractivity contribution in [1.82, 2.24) is 9.78 Å². The zero-order valence-corrected chi connectivity index (χ0v) is 9.98. The third-order valence-corrected chi connectivity index (χ3v) is 2.84. The molecule has 0 unspecified atom stereocenters. The summed E-state index contributed by atoms with van der Waals surface area (Å²) in [7, 11) is 0. The Morgan fingerprint density at radius 3 is 2.65 bits per heavy atom. The summed E-state index contributed by atoms with van der Waals surface area (Å²) in [6.45, 7) is 1.75. The van der Waals surface area contributed by atoms with Crippen LogP contribution in [-0.4, -0.2) is 20.9 Å². The number of hydrogen-bond acceptors (Lipinski definition) is 2. The highest BCUT2D eigenvalue weighted by molar-refractivity contribution is 6.30. The van der Waals surface area contributed by atoms with Crippen molar-refractivity contribution < 1.29 is 9.90 Å². The first-order chi connectivity index (χ1) is 8.09. The van der Waals surface area contributed by atoms with E-state index < -0.39 is 5.97 Å². The van der Waals surface area contributed by atoms with Crippen molar-refractivity contribution >= 4 is 17.6 Å². The Bertz CT molecular complexity index is 549. The molecule has 2 aromatic rings. The van der Waals surface area contributed by atoms with Crippen LogP contribution >= 0.6 is 11.6 Å². The smallest absolute Gasteiger partial charge is 0.308 e. The summed E-state index contributed by atoms with van der Waals surface area (Å²) < 4.78 is 1.55. The first-order valence-electron chi connectivity index (χ1n) is 5.11. The van der Waals surface area contributed by atoms with Crippen LogP contribution in [0.4, 0.5) is 0 Å². The van der Waals surface area contributed by atoms with Crippen molar-refractivity contribution in [3.8, 4) is 5.69 Å². The van der Waals surface area contributed by atoms with Gasteiger partial charge in [0.25, 0.3) is 0 Å². The predicted octanol–water partition coefficient (Wildman–Crippen LogP) is 2.46. The number of aryl methyl sites for hydroxylation is 1. The molecule has 0 spiro atoms. The Morgan fingerprint density at radius 2 is 2.06 bits per heavy atom. The fourth-order valence-corrected chi connectivity index (χ4v) is 1.96. The predicted molar refractivity (Wildman–Crippen MR) is 64.7 cm³/mol. The van der Waals surface area contributed by atoms with Gasteiger partial charge in [-0.3, -0.25) is 4.79 Å². The summed E-state index contributed by atoms with van der Waals surface area (Å²) in [5.41, 5.74) is 2.02. The highest BCUT2D eigenvalue weighted by Gasteiger charge is 2.16. The minimum Gasteiger partial charge on any atom is -0.481 e. The SMILES string of the molecule is Cc1nn(-c2ccccc2)c(Cl)c1CC(=O)O. The Hall–Kier alpha value is -1.81. The van der Waals surface area contributed by atoms with E-state index in [1.807, 2.05) is 30.3 Å². The van der Waals surface area contributed by atoms with Crippen molar-refractivity contribution in [3.05, 3.63) is 46.7 Å². The molecule has 1 heterocycles. The molecule has 1 N–H and O–H groups in total. The number of hydrogen-bond donors (Lipinski definition) is 1. The van der Waals surface area contributed by atoms with Gasteiger partial charge >= 0.3 is 5.97 Å².